The predicted molar refractivity (Wildman–Crippen MR) is 96.0 cm³/mol. The fraction of sp³-hybridized carbons (Fsp3) is 0.467. The molecule has 1 amide bonds. The smallest absolute Gasteiger partial charge is 0.320 e. The summed E-state index contributed by atoms with van der Waals surface area (Å²) in [7, 11) is -2.70. The molecule has 0 aliphatic carbocycles. The number of hydrogen-bond donors (Lipinski definition) is 3. The average molecular weight is 387 g/mol. The van der Waals surface area contributed by atoms with Gasteiger partial charge in [-0.2, -0.15) is 16.5 Å². The van der Waals surface area contributed by atoms with Crippen LogP contribution in [0.4, 0.5) is 5.69 Å². The first-order chi connectivity index (χ1) is 11.9. The highest BCUT2D eigenvalue weighted by molar-refractivity contribution is 7.99. The molecule has 1 fully saturated rings. The highest BCUT2D eigenvalue weighted by Crippen LogP contribution is 2.16. The van der Waals surface area contributed by atoms with Crippen molar-refractivity contribution in [3.8, 4) is 0 Å². The molecular formula is C15H21N3O5S2. The maximum absolute atomic E-state index is 12.2. The maximum Gasteiger partial charge on any atom is 0.320 e. The fourth-order valence-corrected chi connectivity index (χ4v) is 4.20. The summed E-state index contributed by atoms with van der Waals surface area (Å²) in [5, 5.41) is 5.98. The third-order valence-electron chi connectivity index (χ3n) is 3.49. The number of carbonyl (C=O) groups is 2. The van der Waals surface area contributed by atoms with E-state index in [1.165, 1.54) is 25.3 Å². The molecule has 8 nitrogen and oxygen atoms in total. The van der Waals surface area contributed by atoms with E-state index in [2.05, 4.69) is 20.1 Å². The second-order valence-corrected chi connectivity index (χ2v) is 8.32. The van der Waals surface area contributed by atoms with Crippen LogP contribution in [0.1, 0.15) is 6.42 Å². The van der Waals surface area contributed by atoms with Gasteiger partial charge in [0.25, 0.3) is 0 Å². The number of thioether (sulfide) groups is 1. The van der Waals surface area contributed by atoms with Crippen LogP contribution in [0.15, 0.2) is 29.2 Å². The van der Waals surface area contributed by atoms with Crippen LogP contribution >= 0.6 is 11.8 Å². The van der Waals surface area contributed by atoms with Crippen LogP contribution in [0, 0.1) is 0 Å². The molecule has 1 aromatic rings. The van der Waals surface area contributed by atoms with E-state index in [0.717, 1.165) is 18.1 Å². The largest absolute Gasteiger partial charge is 0.468 e. The Kier molecular flexibility index (Phi) is 7.24. The third kappa shape index (κ3) is 6.31. The maximum atomic E-state index is 12.2. The van der Waals surface area contributed by atoms with Crippen LogP contribution in [0.2, 0.25) is 0 Å². The van der Waals surface area contributed by atoms with Gasteiger partial charge < -0.3 is 15.4 Å². The van der Waals surface area contributed by atoms with E-state index < -0.39 is 22.5 Å². The second-order valence-electron chi connectivity index (χ2n) is 5.41. The number of benzene rings is 1. The monoisotopic (exact) mass is 387 g/mol. The van der Waals surface area contributed by atoms with Crippen molar-refractivity contribution < 1.29 is 22.7 Å². The van der Waals surface area contributed by atoms with Crippen molar-refractivity contribution in [1.29, 1.82) is 0 Å². The SMILES string of the molecule is COC(=O)CNS(=O)(=O)c1cccc(NC(=O)CC2CSCCN2)c1. The number of amides is 1. The molecule has 0 bridgehead atoms. The third-order valence-corrected chi connectivity index (χ3v) is 6.02. The van der Waals surface area contributed by atoms with Crippen molar-refractivity contribution in [2.75, 3.05) is 37.0 Å². The fourth-order valence-electron chi connectivity index (χ4n) is 2.24. The van der Waals surface area contributed by atoms with Gasteiger partial charge in [0.05, 0.1) is 12.0 Å². The standard InChI is InChI=1S/C15H21N3O5S2/c1-23-15(20)9-17-25(21,22)13-4-2-3-11(7-13)18-14(19)8-12-10-24-6-5-16-12/h2-4,7,12,16-17H,5-6,8-10H2,1H3,(H,18,19). The minimum absolute atomic E-state index is 0.0412. The lowest BCUT2D eigenvalue weighted by Crippen LogP contribution is -2.39. The highest BCUT2D eigenvalue weighted by Gasteiger charge is 2.19. The summed E-state index contributed by atoms with van der Waals surface area (Å²) >= 11 is 1.80. The Morgan fingerprint density at radius 3 is 2.88 bits per heavy atom. The first-order valence-electron chi connectivity index (χ1n) is 7.68. The predicted octanol–water partition coefficient (Wildman–Crippen LogP) is 0.172. The van der Waals surface area contributed by atoms with Gasteiger partial charge in [0, 0.05) is 36.2 Å². The van der Waals surface area contributed by atoms with Crippen LogP contribution < -0.4 is 15.4 Å². The molecule has 0 aromatic heterocycles. The van der Waals surface area contributed by atoms with Crippen molar-refractivity contribution in [2.24, 2.45) is 0 Å². The summed E-state index contributed by atoms with van der Waals surface area (Å²) < 4.78 is 30.9. The van der Waals surface area contributed by atoms with Gasteiger partial charge in [-0.05, 0) is 18.2 Å². The molecule has 2 rings (SSSR count). The molecule has 0 spiro atoms. The van der Waals surface area contributed by atoms with E-state index in [0.29, 0.717) is 12.1 Å². The zero-order valence-corrected chi connectivity index (χ0v) is 15.4. The van der Waals surface area contributed by atoms with Gasteiger partial charge in [0.1, 0.15) is 6.54 Å². The van der Waals surface area contributed by atoms with Crippen LogP contribution in [0.25, 0.3) is 0 Å². The number of ether oxygens (including phenoxy) is 1. The number of carbonyl (C=O) groups excluding carboxylic acids is 2. The number of nitrogens with one attached hydrogen (secondary N) is 3. The van der Waals surface area contributed by atoms with E-state index in [1.54, 1.807) is 17.8 Å². The van der Waals surface area contributed by atoms with Crippen LogP contribution in [-0.4, -0.2) is 58.0 Å². The Morgan fingerprint density at radius 2 is 2.20 bits per heavy atom. The number of anilines is 1. The molecule has 1 atom stereocenters. The zero-order chi connectivity index (χ0) is 18.3. The quantitative estimate of drug-likeness (QED) is 0.572. The van der Waals surface area contributed by atoms with Gasteiger partial charge in [-0.15, -0.1) is 0 Å². The second kappa shape index (κ2) is 9.18. The highest BCUT2D eigenvalue weighted by atomic mass is 32.2. The Morgan fingerprint density at radius 1 is 1.40 bits per heavy atom. The van der Waals surface area contributed by atoms with E-state index >= 15 is 0 Å². The summed E-state index contributed by atoms with van der Waals surface area (Å²) in [4.78, 5) is 23.1. The molecule has 1 aromatic carbocycles. The van der Waals surface area contributed by atoms with Crippen molar-refractivity contribution >= 4 is 39.3 Å². The molecule has 1 saturated heterocycles. The topological polar surface area (TPSA) is 114 Å². The molecule has 1 unspecified atom stereocenters. The summed E-state index contributed by atoms with van der Waals surface area (Å²) in [5.41, 5.74) is 0.384. The van der Waals surface area contributed by atoms with E-state index in [9.17, 15) is 18.0 Å². The number of sulfonamides is 1. The number of hydrogen-bond acceptors (Lipinski definition) is 7. The lowest BCUT2D eigenvalue weighted by atomic mass is 10.2. The Labute approximate surface area is 151 Å². The number of methoxy groups -OCH3 is 1. The van der Waals surface area contributed by atoms with Crippen LogP contribution in [-0.2, 0) is 24.3 Å². The molecule has 10 heteroatoms. The van der Waals surface area contributed by atoms with Crippen molar-refractivity contribution in [3.05, 3.63) is 24.3 Å². The normalized spacial score (nSPS) is 17.7. The van der Waals surface area contributed by atoms with E-state index in [4.69, 9.17) is 0 Å². The molecule has 0 saturated carbocycles. The molecule has 1 heterocycles. The summed E-state index contributed by atoms with van der Waals surface area (Å²) in [6.45, 7) is 0.419. The first-order valence-corrected chi connectivity index (χ1v) is 10.3. The van der Waals surface area contributed by atoms with Crippen molar-refractivity contribution in [2.45, 2.75) is 17.4 Å². The molecule has 138 valence electrons. The summed E-state index contributed by atoms with van der Waals surface area (Å²) in [6.07, 6.45) is 0.324. The zero-order valence-electron chi connectivity index (χ0n) is 13.8. The van der Waals surface area contributed by atoms with Crippen LogP contribution in [0.3, 0.4) is 0 Å². The van der Waals surface area contributed by atoms with E-state index in [-0.39, 0.29) is 16.8 Å². The van der Waals surface area contributed by atoms with Crippen LogP contribution in [0.5, 0.6) is 0 Å². The van der Waals surface area contributed by atoms with E-state index in [1.807, 2.05) is 0 Å². The summed E-state index contributed by atoms with van der Waals surface area (Å²) in [5.74, 6) is 1.04. The molecular weight excluding hydrogens is 366 g/mol. The molecule has 1 aliphatic rings. The van der Waals surface area contributed by atoms with Crippen molar-refractivity contribution in [3.63, 3.8) is 0 Å². The Hall–Kier alpha value is -1.62. The Balaban J connectivity index is 1.97. The van der Waals surface area contributed by atoms with Gasteiger partial charge in [-0.3, -0.25) is 9.59 Å². The van der Waals surface area contributed by atoms with Gasteiger partial charge in [-0.1, -0.05) is 6.07 Å². The van der Waals surface area contributed by atoms with Gasteiger partial charge in [-0.25, -0.2) is 8.42 Å². The molecule has 0 radical (unpaired) electrons. The number of rotatable bonds is 7. The van der Waals surface area contributed by atoms with Gasteiger partial charge in [0.15, 0.2) is 0 Å². The molecule has 25 heavy (non-hydrogen) atoms. The lowest BCUT2D eigenvalue weighted by molar-refractivity contribution is -0.139. The molecule has 1 aliphatic heterocycles. The molecule has 3 N–H and O–H groups in total. The minimum atomic E-state index is -3.87. The van der Waals surface area contributed by atoms with Gasteiger partial charge in [0.2, 0.25) is 15.9 Å². The van der Waals surface area contributed by atoms with Gasteiger partial charge >= 0.3 is 5.97 Å². The average Bonchev–Trinajstić information content (AvgIpc) is 2.60. The summed E-state index contributed by atoms with van der Waals surface area (Å²) in [6, 6.07) is 5.99. The lowest BCUT2D eigenvalue weighted by Gasteiger charge is -2.22. The number of esters is 1. The van der Waals surface area contributed by atoms with Crippen molar-refractivity contribution in [1.82, 2.24) is 10.0 Å². The first kappa shape index (κ1) is 19.7. The Bertz CT molecular complexity index is 718. The minimum Gasteiger partial charge on any atom is -0.468 e.